The molecule has 1 fully saturated rings. The molecule has 1 aliphatic carbocycles. The third-order valence-electron chi connectivity index (χ3n) is 5.15. The number of hydrogen-bond donors (Lipinski definition) is 0. The smallest absolute Gasteiger partial charge is 0.345 e. The van der Waals surface area contributed by atoms with Crippen LogP contribution in [-0.4, -0.2) is 36.2 Å². The molecule has 0 saturated heterocycles. The molecule has 1 saturated carbocycles. The molecule has 3 rings (SSSR count). The Balaban J connectivity index is 1.91. The summed E-state index contributed by atoms with van der Waals surface area (Å²) in [6.45, 7) is 6.53. The summed E-state index contributed by atoms with van der Waals surface area (Å²) in [7, 11) is -4.33. The van der Waals surface area contributed by atoms with E-state index >= 15 is 0 Å². The lowest BCUT2D eigenvalue weighted by Crippen LogP contribution is -2.36. The zero-order valence-corrected chi connectivity index (χ0v) is 17.6. The minimum absolute atomic E-state index is 0.203. The molecule has 0 N–H and O–H groups in total. The highest BCUT2D eigenvalue weighted by atomic mass is 32.2. The number of nitrogens with zero attached hydrogens (tertiary/aromatic N) is 2. The predicted octanol–water partition coefficient (Wildman–Crippen LogP) is 4.52. The first-order valence-electron chi connectivity index (χ1n) is 9.46. The number of aromatic nitrogens is 1. The highest BCUT2D eigenvalue weighted by Crippen LogP contribution is 2.38. The average molecular weight is 440 g/mol. The van der Waals surface area contributed by atoms with Crippen molar-refractivity contribution < 1.29 is 26.4 Å². The molecule has 1 aliphatic rings. The van der Waals surface area contributed by atoms with Crippen LogP contribution in [0.25, 0.3) is 0 Å². The van der Waals surface area contributed by atoms with Crippen LogP contribution >= 0.6 is 0 Å². The number of halogens is 3. The third kappa shape index (κ3) is 4.37. The summed E-state index contributed by atoms with van der Waals surface area (Å²) >= 11 is 0. The highest BCUT2D eigenvalue weighted by molar-refractivity contribution is 7.89. The van der Waals surface area contributed by atoms with E-state index in [4.69, 9.17) is 0 Å². The second-order valence-electron chi connectivity index (χ2n) is 7.42. The second kappa shape index (κ2) is 8.03. The number of sulfonamides is 1. The molecule has 30 heavy (non-hydrogen) atoms. The Morgan fingerprint density at radius 1 is 1.27 bits per heavy atom. The monoisotopic (exact) mass is 440 g/mol. The molecule has 1 aromatic carbocycles. The second-order valence-corrected chi connectivity index (χ2v) is 9.36. The fourth-order valence-corrected chi connectivity index (χ4v) is 4.99. The first-order valence-corrected chi connectivity index (χ1v) is 10.9. The predicted molar refractivity (Wildman–Crippen MR) is 107 cm³/mol. The molecule has 0 aliphatic heterocycles. The number of carbonyl (C=O) groups is 1. The number of benzene rings is 1. The number of aryl methyl sites for hydroxylation is 1. The topological polar surface area (TPSA) is 59.4 Å². The summed E-state index contributed by atoms with van der Waals surface area (Å²) in [5, 5.41) is 0. The van der Waals surface area contributed by atoms with Crippen molar-refractivity contribution in [3.63, 3.8) is 0 Å². The lowest BCUT2D eigenvalue weighted by Gasteiger charge is -2.21. The molecule has 2 aromatic rings. The van der Waals surface area contributed by atoms with E-state index < -0.39 is 39.0 Å². The molecule has 1 heterocycles. The van der Waals surface area contributed by atoms with E-state index in [9.17, 15) is 26.4 Å². The van der Waals surface area contributed by atoms with Gasteiger partial charge >= 0.3 is 6.18 Å². The van der Waals surface area contributed by atoms with Crippen LogP contribution in [0.3, 0.4) is 0 Å². The number of Topliss-reactive ketones (excluding diaryl/α,β-unsaturated/α-hetero) is 1. The van der Waals surface area contributed by atoms with Crippen LogP contribution in [0.15, 0.2) is 47.9 Å². The summed E-state index contributed by atoms with van der Waals surface area (Å²) in [6, 6.07) is 5.60. The van der Waals surface area contributed by atoms with E-state index in [1.165, 1.54) is 6.08 Å². The van der Waals surface area contributed by atoms with Gasteiger partial charge in [0, 0.05) is 29.5 Å². The third-order valence-corrected chi connectivity index (χ3v) is 6.96. The fourth-order valence-electron chi connectivity index (χ4n) is 3.57. The average Bonchev–Trinajstić information content (AvgIpc) is 3.45. The molecule has 1 aromatic heterocycles. The number of alkyl halides is 3. The van der Waals surface area contributed by atoms with Gasteiger partial charge in [-0.2, -0.15) is 17.5 Å². The van der Waals surface area contributed by atoms with E-state index in [0.717, 1.165) is 46.7 Å². The molecule has 0 bridgehead atoms. The van der Waals surface area contributed by atoms with Crippen molar-refractivity contribution in [3.05, 3.63) is 65.5 Å². The Bertz CT molecular complexity index is 1080. The van der Waals surface area contributed by atoms with Crippen molar-refractivity contribution >= 4 is 15.8 Å². The normalized spacial score (nSPS) is 14.9. The van der Waals surface area contributed by atoms with Gasteiger partial charge in [0.25, 0.3) is 0 Å². The Labute approximate surface area is 173 Å². The van der Waals surface area contributed by atoms with Gasteiger partial charge in [-0.25, -0.2) is 8.42 Å². The van der Waals surface area contributed by atoms with Crippen LogP contribution in [0.1, 0.15) is 46.2 Å². The quantitative estimate of drug-likeness (QED) is 0.448. The van der Waals surface area contributed by atoms with Crippen LogP contribution in [0.5, 0.6) is 0 Å². The van der Waals surface area contributed by atoms with Crippen molar-refractivity contribution in [2.75, 3.05) is 13.1 Å². The van der Waals surface area contributed by atoms with Crippen molar-refractivity contribution in [3.8, 4) is 0 Å². The lowest BCUT2D eigenvalue weighted by atomic mass is 10.1. The van der Waals surface area contributed by atoms with E-state index in [0.29, 0.717) is 17.7 Å². The van der Waals surface area contributed by atoms with E-state index in [-0.39, 0.29) is 6.54 Å². The number of hydrogen-bond acceptors (Lipinski definition) is 3. The Hall–Kier alpha value is -2.39. The van der Waals surface area contributed by atoms with Gasteiger partial charge in [-0.3, -0.25) is 4.79 Å². The summed E-state index contributed by atoms with van der Waals surface area (Å²) in [5.41, 5.74) is 1.05. The minimum atomic E-state index is -4.68. The summed E-state index contributed by atoms with van der Waals surface area (Å²) in [4.78, 5) is 12.4. The lowest BCUT2D eigenvalue weighted by molar-refractivity contribution is -0.137. The standard InChI is InChI=1S/C21H23F3N2O3S/c1-4-10-25(30(28,29)18-7-5-6-16(12-18)21(22,23)24)13-20(27)19-11-14(2)26(15(19)3)17-8-9-17/h4-7,11-12,17H,1,8-10,13H2,2-3H3. The van der Waals surface area contributed by atoms with Crippen molar-refractivity contribution in [1.82, 2.24) is 8.87 Å². The number of carbonyl (C=O) groups excluding carboxylic acids is 1. The summed E-state index contributed by atoms with van der Waals surface area (Å²) in [6.07, 6.45) is -1.30. The van der Waals surface area contributed by atoms with Gasteiger partial charge in [-0.05, 0) is 51.0 Å². The maximum atomic E-state index is 13.0. The van der Waals surface area contributed by atoms with Crippen LogP contribution < -0.4 is 0 Å². The van der Waals surface area contributed by atoms with Crippen LogP contribution in [-0.2, 0) is 16.2 Å². The van der Waals surface area contributed by atoms with Crippen LogP contribution in [0.2, 0.25) is 0 Å². The molecule has 5 nitrogen and oxygen atoms in total. The molecule has 0 spiro atoms. The largest absolute Gasteiger partial charge is 0.416 e. The van der Waals surface area contributed by atoms with Gasteiger partial charge in [-0.15, -0.1) is 6.58 Å². The summed E-state index contributed by atoms with van der Waals surface area (Å²) in [5.74, 6) is -0.410. The molecular formula is C21H23F3N2O3S. The van der Waals surface area contributed by atoms with Gasteiger partial charge in [0.2, 0.25) is 10.0 Å². The molecule has 0 radical (unpaired) electrons. The Kier molecular flexibility index (Phi) is 5.97. The molecular weight excluding hydrogens is 417 g/mol. The van der Waals surface area contributed by atoms with Gasteiger partial charge in [0.05, 0.1) is 17.0 Å². The van der Waals surface area contributed by atoms with E-state index in [2.05, 4.69) is 11.1 Å². The van der Waals surface area contributed by atoms with Gasteiger partial charge < -0.3 is 4.57 Å². The van der Waals surface area contributed by atoms with Crippen LogP contribution in [0.4, 0.5) is 13.2 Å². The molecule has 162 valence electrons. The zero-order valence-electron chi connectivity index (χ0n) is 16.7. The number of ketones is 1. The molecule has 0 amide bonds. The van der Waals surface area contributed by atoms with E-state index in [1.807, 2.05) is 13.8 Å². The minimum Gasteiger partial charge on any atom is -0.345 e. The molecule has 9 heteroatoms. The number of rotatable bonds is 8. The first kappa shape index (κ1) is 22.3. The maximum Gasteiger partial charge on any atom is 0.416 e. The van der Waals surface area contributed by atoms with E-state index in [1.54, 1.807) is 6.07 Å². The Morgan fingerprint density at radius 2 is 1.93 bits per heavy atom. The summed E-state index contributed by atoms with van der Waals surface area (Å²) < 4.78 is 67.9. The highest BCUT2D eigenvalue weighted by Gasteiger charge is 2.34. The van der Waals surface area contributed by atoms with Gasteiger partial charge in [-0.1, -0.05) is 12.1 Å². The Morgan fingerprint density at radius 3 is 2.50 bits per heavy atom. The van der Waals surface area contributed by atoms with Gasteiger partial charge in [0.15, 0.2) is 5.78 Å². The van der Waals surface area contributed by atoms with Crippen molar-refractivity contribution in [2.45, 2.75) is 43.8 Å². The van der Waals surface area contributed by atoms with Gasteiger partial charge in [0.1, 0.15) is 0 Å². The first-order chi connectivity index (χ1) is 14.0. The zero-order chi connectivity index (χ0) is 22.3. The molecule has 0 unspecified atom stereocenters. The molecule has 0 atom stereocenters. The SMILES string of the molecule is C=CCN(CC(=O)c1cc(C)n(C2CC2)c1C)S(=O)(=O)c1cccc(C(F)(F)F)c1. The fraction of sp³-hybridized carbons (Fsp3) is 0.381. The van der Waals surface area contributed by atoms with Crippen molar-refractivity contribution in [1.29, 1.82) is 0 Å². The van der Waals surface area contributed by atoms with Crippen molar-refractivity contribution in [2.24, 2.45) is 0 Å². The van der Waals surface area contributed by atoms with Crippen LogP contribution in [0, 0.1) is 13.8 Å². The maximum absolute atomic E-state index is 13.0.